The Labute approximate surface area is 86.9 Å². The highest BCUT2D eigenvalue weighted by atomic mass is 32.2. The minimum absolute atomic E-state index is 0.129. The third-order valence-electron chi connectivity index (χ3n) is 1.94. The molecule has 4 nitrogen and oxygen atoms in total. The van der Waals surface area contributed by atoms with Crippen LogP contribution >= 0.6 is 0 Å². The van der Waals surface area contributed by atoms with Gasteiger partial charge in [-0.3, -0.25) is 0 Å². The highest BCUT2D eigenvalue weighted by Crippen LogP contribution is 1.92. The van der Waals surface area contributed by atoms with Crippen molar-refractivity contribution < 1.29 is 13.2 Å². The Morgan fingerprint density at radius 2 is 2.00 bits per heavy atom. The Balaban J connectivity index is 3.54. The highest BCUT2D eigenvalue weighted by molar-refractivity contribution is 7.91. The summed E-state index contributed by atoms with van der Waals surface area (Å²) in [5.74, 6) is 0.506. The molecule has 1 atom stereocenters. The molecule has 14 heavy (non-hydrogen) atoms. The van der Waals surface area contributed by atoms with E-state index in [-0.39, 0.29) is 17.6 Å². The number of hydrogen-bond donors (Lipinski definition) is 1. The second-order valence-electron chi connectivity index (χ2n) is 3.40. The predicted octanol–water partition coefficient (Wildman–Crippen LogP) is 0.436. The van der Waals surface area contributed by atoms with E-state index in [1.165, 1.54) is 0 Å². The van der Waals surface area contributed by atoms with Crippen molar-refractivity contribution in [2.45, 2.75) is 26.4 Å². The molecule has 1 unspecified atom stereocenters. The zero-order chi connectivity index (χ0) is 11.0. The van der Waals surface area contributed by atoms with Crippen LogP contribution in [0.5, 0.6) is 0 Å². The van der Waals surface area contributed by atoms with Gasteiger partial charge in [0.15, 0.2) is 9.84 Å². The molecule has 0 saturated heterocycles. The normalized spacial score (nSPS) is 14.2. The number of sulfone groups is 1. The molecule has 0 aliphatic rings. The second kappa shape index (κ2) is 7.20. The van der Waals surface area contributed by atoms with Crippen molar-refractivity contribution >= 4 is 9.84 Å². The first-order chi connectivity index (χ1) is 6.52. The van der Waals surface area contributed by atoms with Gasteiger partial charge in [0.05, 0.1) is 11.9 Å². The molecule has 0 rings (SSSR count). The van der Waals surface area contributed by atoms with Crippen molar-refractivity contribution in [1.29, 1.82) is 0 Å². The summed E-state index contributed by atoms with van der Waals surface area (Å²) in [6, 6.07) is 0. The molecule has 0 aromatic heterocycles. The largest absolute Gasteiger partial charge is 0.380 e. The van der Waals surface area contributed by atoms with E-state index < -0.39 is 9.84 Å². The molecule has 1 N–H and O–H groups in total. The quantitative estimate of drug-likeness (QED) is 0.607. The molecule has 0 fully saturated rings. The maximum absolute atomic E-state index is 11.3. The van der Waals surface area contributed by atoms with Crippen LogP contribution in [-0.2, 0) is 14.6 Å². The van der Waals surface area contributed by atoms with Crippen molar-refractivity contribution in [3.8, 4) is 0 Å². The average Bonchev–Trinajstić information content (AvgIpc) is 2.12. The van der Waals surface area contributed by atoms with Crippen LogP contribution in [0.25, 0.3) is 0 Å². The van der Waals surface area contributed by atoms with Crippen molar-refractivity contribution in [3.05, 3.63) is 0 Å². The Morgan fingerprint density at radius 1 is 1.36 bits per heavy atom. The SMILES string of the molecule is CCCS(=O)(=O)CCNCC(C)OC. The lowest BCUT2D eigenvalue weighted by Crippen LogP contribution is -2.30. The van der Waals surface area contributed by atoms with Crippen molar-refractivity contribution in [3.63, 3.8) is 0 Å². The fourth-order valence-electron chi connectivity index (χ4n) is 1.03. The smallest absolute Gasteiger partial charge is 0.151 e. The van der Waals surface area contributed by atoms with Gasteiger partial charge in [0, 0.05) is 26.0 Å². The standard InChI is InChI=1S/C9H21NO3S/c1-4-6-14(11,12)7-5-10-8-9(2)13-3/h9-10H,4-8H2,1-3H3. The highest BCUT2D eigenvalue weighted by Gasteiger charge is 2.08. The molecular formula is C9H21NO3S. The molecule has 0 heterocycles. The monoisotopic (exact) mass is 223 g/mol. The van der Waals surface area contributed by atoms with Gasteiger partial charge in [0.25, 0.3) is 0 Å². The van der Waals surface area contributed by atoms with E-state index in [0.29, 0.717) is 19.5 Å². The topological polar surface area (TPSA) is 55.4 Å². The third kappa shape index (κ3) is 7.29. The summed E-state index contributed by atoms with van der Waals surface area (Å²) >= 11 is 0. The Morgan fingerprint density at radius 3 is 2.50 bits per heavy atom. The fraction of sp³-hybridized carbons (Fsp3) is 1.00. The van der Waals surface area contributed by atoms with Crippen LogP contribution in [-0.4, -0.2) is 46.2 Å². The Hall–Kier alpha value is -0.130. The van der Waals surface area contributed by atoms with Crippen molar-refractivity contribution in [2.75, 3.05) is 31.7 Å². The van der Waals surface area contributed by atoms with Gasteiger partial charge in [0.2, 0.25) is 0 Å². The first kappa shape index (κ1) is 13.9. The van der Waals surface area contributed by atoms with Gasteiger partial charge in [-0.15, -0.1) is 0 Å². The van der Waals surface area contributed by atoms with E-state index in [0.717, 1.165) is 0 Å². The molecule has 0 aliphatic heterocycles. The van der Waals surface area contributed by atoms with Crippen molar-refractivity contribution in [1.82, 2.24) is 5.32 Å². The van der Waals surface area contributed by atoms with Gasteiger partial charge >= 0.3 is 0 Å². The second-order valence-corrected chi connectivity index (χ2v) is 5.71. The number of ether oxygens (including phenoxy) is 1. The van der Waals surface area contributed by atoms with Gasteiger partial charge in [-0.05, 0) is 13.3 Å². The molecule has 0 spiro atoms. The summed E-state index contributed by atoms with van der Waals surface area (Å²) in [6.45, 7) is 5.01. The van der Waals surface area contributed by atoms with E-state index in [4.69, 9.17) is 4.74 Å². The van der Waals surface area contributed by atoms with Crippen LogP contribution in [0, 0.1) is 0 Å². The zero-order valence-electron chi connectivity index (χ0n) is 9.25. The Kier molecular flexibility index (Phi) is 7.13. The van der Waals surface area contributed by atoms with E-state index in [1.807, 2.05) is 13.8 Å². The molecule has 0 amide bonds. The molecule has 86 valence electrons. The lowest BCUT2D eigenvalue weighted by atomic mass is 10.4. The fourth-order valence-corrected chi connectivity index (χ4v) is 2.31. The molecule has 0 aromatic carbocycles. The van der Waals surface area contributed by atoms with Crippen LogP contribution in [0.15, 0.2) is 0 Å². The average molecular weight is 223 g/mol. The minimum atomic E-state index is -2.84. The van der Waals surface area contributed by atoms with Gasteiger partial charge in [-0.1, -0.05) is 6.92 Å². The summed E-state index contributed by atoms with van der Waals surface area (Å²) in [4.78, 5) is 0. The number of rotatable bonds is 8. The van der Waals surface area contributed by atoms with E-state index in [1.54, 1.807) is 7.11 Å². The summed E-state index contributed by atoms with van der Waals surface area (Å²) in [6.07, 6.45) is 0.820. The molecule has 0 radical (unpaired) electrons. The lowest BCUT2D eigenvalue weighted by molar-refractivity contribution is 0.118. The summed E-state index contributed by atoms with van der Waals surface area (Å²) in [5, 5.41) is 3.05. The predicted molar refractivity (Wildman–Crippen MR) is 58.3 cm³/mol. The molecule has 0 bridgehead atoms. The number of nitrogens with one attached hydrogen (secondary N) is 1. The van der Waals surface area contributed by atoms with Gasteiger partial charge in [-0.2, -0.15) is 0 Å². The maximum atomic E-state index is 11.3. The number of hydrogen-bond acceptors (Lipinski definition) is 4. The van der Waals surface area contributed by atoms with Crippen LogP contribution < -0.4 is 5.32 Å². The van der Waals surface area contributed by atoms with Gasteiger partial charge in [-0.25, -0.2) is 8.42 Å². The van der Waals surface area contributed by atoms with E-state index in [9.17, 15) is 8.42 Å². The van der Waals surface area contributed by atoms with Crippen LogP contribution in [0.3, 0.4) is 0 Å². The summed E-state index contributed by atoms with van der Waals surface area (Å²) < 4.78 is 27.6. The van der Waals surface area contributed by atoms with Crippen LogP contribution in [0.2, 0.25) is 0 Å². The van der Waals surface area contributed by atoms with E-state index in [2.05, 4.69) is 5.32 Å². The summed E-state index contributed by atoms with van der Waals surface area (Å²) in [7, 11) is -1.20. The van der Waals surface area contributed by atoms with Gasteiger partial charge in [0.1, 0.15) is 0 Å². The lowest BCUT2D eigenvalue weighted by Gasteiger charge is -2.10. The summed E-state index contributed by atoms with van der Waals surface area (Å²) in [5.41, 5.74) is 0. The van der Waals surface area contributed by atoms with Crippen LogP contribution in [0.4, 0.5) is 0 Å². The Bertz CT molecular complexity index is 226. The number of methoxy groups -OCH3 is 1. The third-order valence-corrected chi connectivity index (χ3v) is 3.80. The molecule has 0 saturated carbocycles. The minimum Gasteiger partial charge on any atom is -0.380 e. The maximum Gasteiger partial charge on any atom is 0.151 e. The molecule has 0 aliphatic carbocycles. The first-order valence-electron chi connectivity index (χ1n) is 4.95. The first-order valence-corrected chi connectivity index (χ1v) is 6.78. The van der Waals surface area contributed by atoms with Crippen LogP contribution in [0.1, 0.15) is 20.3 Å². The molecule has 5 heteroatoms. The molecule has 0 aromatic rings. The van der Waals surface area contributed by atoms with Crippen molar-refractivity contribution in [2.24, 2.45) is 0 Å². The zero-order valence-corrected chi connectivity index (χ0v) is 10.1. The van der Waals surface area contributed by atoms with E-state index >= 15 is 0 Å². The molecular weight excluding hydrogens is 202 g/mol. The van der Waals surface area contributed by atoms with Gasteiger partial charge < -0.3 is 10.1 Å².